The van der Waals surface area contributed by atoms with Crippen LogP contribution in [0.5, 0.6) is 5.75 Å². The largest absolute Gasteiger partial charge is 0.507 e. The van der Waals surface area contributed by atoms with Crippen LogP contribution in [-0.2, 0) is 10.8 Å². The summed E-state index contributed by atoms with van der Waals surface area (Å²) in [6.45, 7) is 21.1. The molecule has 150 valence electrons. The Morgan fingerprint density at radius 2 is 1.42 bits per heavy atom. The van der Waals surface area contributed by atoms with Gasteiger partial charge in [0, 0.05) is 26.2 Å². The third-order valence-corrected chi connectivity index (χ3v) is 4.86. The van der Waals surface area contributed by atoms with Crippen LogP contribution in [0.4, 0.5) is 0 Å². The van der Waals surface area contributed by atoms with Crippen LogP contribution in [0, 0.1) is 0 Å². The lowest BCUT2D eigenvalue weighted by Gasteiger charge is -2.35. The van der Waals surface area contributed by atoms with Crippen LogP contribution in [0.2, 0.25) is 0 Å². The monoisotopic (exact) mass is 402 g/mol. The van der Waals surface area contributed by atoms with E-state index in [0.29, 0.717) is 5.75 Å². The van der Waals surface area contributed by atoms with Crippen molar-refractivity contribution in [2.45, 2.75) is 58.4 Å². The molecular weight excluding hydrogens is 367 g/mol. The first-order valence-electron chi connectivity index (χ1n) is 9.01. The van der Waals surface area contributed by atoms with Crippen molar-refractivity contribution in [1.29, 1.82) is 0 Å². The molecule has 0 spiro atoms. The Balaban J connectivity index is 0.00000312. The fourth-order valence-corrected chi connectivity index (χ4v) is 3.43. The highest BCUT2D eigenvalue weighted by atomic mass is 35.5. The van der Waals surface area contributed by atoms with Crippen LogP contribution in [-0.4, -0.2) is 36.2 Å². The van der Waals surface area contributed by atoms with E-state index in [-0.39, 0.29) is 41.7 Å². The molecule has 0 bridgehead atoms. The Hall–Kier alpha value is -0.740. The molecular formula is C21H36Cl2N2O. The number of phenols is 1. The third kappa shape index (κ3) is 5.63. The summed E-state index contributed by atoms with van der Waals surface area (Å²) in [4.78, 5) is 2.47. The second-order valence-corrected chi connectivity index (χ2v) is 8.93. The van der Waals surface area contributed by atoms with Crippen molar-refractivity contribution in [2.24, 2.45) is 0 Å². The molecule has 2 N–H and O–H groups in total. The first kappa shape index (κ1) is 25.3. The van der Waals surface area contributed by atoms with Gasteiger partial charge >= 0.3 is 0 Å². The molecule has 2 rings (SSSR count). The highest BCUT2D eigenvalue weighted by molar-refractivity contribution is 5.85. The fourth-order valence-electron chi connectivity index (χ4n) is 3.43. The van der Waals surface area contributed by atoms with Gasteiger partial charge in [-0.2, -0.15) is 0 Å². The third-order valence-electron chi connectivity index (χ3n) is 4.86. The molecule has 0 unspecified atom stereocenters. The predicted molar refractivity (Wildman–Crippen MR) is 117 cm³/mol. The number of benzene rings is 1. The van der Waals surface area contributed by atoms with Gasteiger partial charge in [0.25, 0.3) is 0 Å². The lowest BCUT2D eigenvalue weighted by molar-refractivity contribution is 0.203. The molecule has 3 nitrogen and oxygen atoms in total. The SMILES string of the molecule is C=C[C@@H](c1cc(C(C)(C)C)c(O)c(C(C)(C)C)c1)N1CCNCC1.Cl.Cl. The molecule has 1 atom stereocenters. The maximum atomic E-state index is 10.9. The van der Waals surface area contributed by atoms with Crippen LogP contribution in [0.3, 0.4) is 0 Å². The number of nitrogens with zero attached hydrogens (tertiary/aromatic N) is 1. The molecule has 0 aliphatic carbocycles. The zero-order valence-corrected chi connectivity index (χ0v) is 18.7. The molecule has 0 radical (unpaired) electrons. The summed E-state index contributed by atoms with van der Waals surface area (Å²) in [7, 11) is 0. The standard InChI is InChI=1S/C21H34N2O.2ClH/c1-8-18(23-11-9-22-10-12-23)15-13-16(20(2,3)4)19(24)17(14-15)21(5,6)7;;/h8,13-14,18,22,24H,1,9-12H2,2-7H3;2*1H/t18-;;/m0../s1. The first-order chi connectivity index (χ1) is 11.1. The van der Waals surface area contributed by atoms with Crippen LogP contribution in [0.25, 0.3) is 0 Å². The normalized spacial score (nSPS) is 17.0. The summed E-state index contributed by atoms with van der Waals surface area (Å²) in [6, 6.07) is 4.55. The molecule has 1 aliphatic heterocycles. The maximum absolute atomic E-state index is 10.9. The molecule has 1 aromatic carbocycles. The number of halogens is 2. The number of phenolic OH excluding ortho intramolecular Hbond substituents is 1. The van der Waals surface area contributed by atoms with Gasteiger partial charge in [0.2, 0.25) is 0 Å². The van der Waals surface area contributed by atoms with Crippen LogP contribution in [0.1, 0.15) is 64.3 Å². The van der Waals surface area contributed by atoms with Gasteiger partial charge in [-0.25, -0.2) is 0 Å². The van der Waals surface area contributed by atoms with E-state index in [4.69, 9.17) is 0 Å². The van der Waals surface area contributed by atoms with E-state index >= 15 is 0 Å². The highest BCUT2D eigenvalue weighted by Gasteiger charge is 2.29. The van der Waals surface area contributed by atoms with E-state index in [0.717, 1.165) is 37.3 Å². The zero-order valence-electron chi connectivity index (χ0n) is 17.1. The number of hydrogen-bond donors (Lipinski definition) is 2. The van der Waals surface area contributed by atoms with Gasteiger partial charge in [-0.05, 0) is 39.7 Å². The number of aromatic hydroxyl groups is 1. The number of rotatable bonds is 3. The van der Waals surface area contributed by atoms with Gasteiger partial charge in [-0.1, -0.05) is 47.6 Å². The average Bonchev–Trinajstić information content (AvgIpc) is 2.48. The molecule has 1 saturated heterocycles. The van der Waals surface area contributed by atoms with Crippen molar-refractivity contribution in [1.82, 2.24) is 10.2 Å². The molecule has 1 heterocycles. The molecule has 5 heteroatoms. The van der Waals surface area contributed by atoms with Gasteiger partial charge in [0.1, 0.15) is 5.75 Å². The Labute approximate surface area is 172 Å². The Morgan fingerprint density at radius 3 is 1.77 bits per heavy atom. The number of hydrogen-bond acceptors (Lipinski definition) is 3. The second kappa shape index (κ2) is 9.45. The molecule has 1 aromatic rings. The second-order valence-electron chi connectivity index (χ2n) is 8.93. The molecule has 26 heavy (non-hydrogen) atoms. The summed E-state index contributed by atoms with van der Waals surface area (Å²) >= 11 is 0. The molecule has 0 aromatic heterocycles. The van der Waals surface area contributed by atoms with Crippen molar-refractivity contribution in [2.75, 3.05) is 26.2 Å². The van der Waals surface area contributed by atoms with Gasteiger partial charge < -0.3 is 10.4 Å². The summed E-state index contributed by atoms with van der Waals surface area (Å²) in [6.07, 6.45) is 2.04. The highest BCUT2D eigenvalue weighted by Crippen LogP contribution is 2.41. The van der Waals surface area contributed by atoms with Crippen LogP contribution >= 0.6 is 24.8 Å². The van der Waals surface area contributed by atoms with E-state index in [1.165, 1.54) is 5.56 Å². The number of nitrogens with one attached hydrogen (secondary N) is 1. The fraction of sp³-hybridized carbons (Fsp3) is 0.619. The molecule has 1 fully saturated rings. The Kier molecular flexibility index (Phi) is 9.19. The van der Waals surface area contributed by atoms with E-state index in [2.05, 4.69) is 70.5 Å². The maximum Gasteiger partial charge on any atom is 0.123 e. The Bertz CT molecular complexity index is 562. The summed E-state index contributed by atoms with van der Waals surface area (Å²) in [5, 5.41) is 14.3. The quantitative estimate of drug-likeness (QED) is 0.700. The van der Waals surface area contributed by atoms with Crippen molar-refractivity contribution >= 4 is 24.8 Å². The molecule has 1 aliphatic rings. The van der Waals surface area contributed by atoms with Crippen LogP contribution in [0.15, 0.2) is 24.8 Å². The predicted octanol–water partition coefficient (Wildman–Crippen LogP) is 4.96. The minimum atomic E-state index is -0.102. The molecule has 0 amide bonds. The zero-order chi connectivity index (χ0) is 18.1. The van der Waals surface area contributed by atoms with Gasteiger partial charge in [0.15, 0.2) is 0 Å². The summed E-state index contributed by atoms with van der Waals surface area (Å²) in [5.41, 5.74) is 3.07. The van der Waals surface area contributed by atoms with Crippen molar-refractivity contribution in [3.63, 3.8) is 0 Å². The van der Waals surface area contributed by atoms with Crippen molar-refractivity contribution in [3.05, 3.63) is 41.5 Å². The van der Waals surface area contributed by atoms with Gasteiger partial charge in [0.05, 0.1) is 6.04 Å². The Morgan fingerprint density at radius 1 is 1.00 bits per heavy atom. The summed E-state index contributed by atoms with van der Waals surface area (Å²) < 4.78 is 0. The lowest BCUT2D eigenvalue weighted by atomic mass is 9.77. The van der Waals surface area contributed by atoms with E-state index < -0.39 is 0 Å². The minimum absolute atomic E-state index is 0. The lowest BCUT2D eigenvalue weighted by Crippen LogP contribution is -2.44. The van der Waals surface area contributed by atoms with E-state index in [9.17, 15) is 5.11 Å². The topological polar surface area (TPSA) is 35.5 Å². The minimum Gasteiger partial charge on any atom is -0.507 e. The van der Waals surface area contributed by atoms with Gasteiger partial charge in [-0.3, -0.25) is 4.90 Å². The number of piperazine rings is 1. The first-order valence-corrected chi connectivity index (χ1v) is 9.01. The van der Waals surface area contributed by atoms with E-state index in [1.54, 1.807) is 0 Å². The average molecular weight is 403 g/mol. The molecule has 0 saturated carbocycles. The van der Waals surface area contributed by atoms with Gasteiger partial charge in [-0.15, -0.1) is 31.4 Å². The summed E-state index contributed by atoms with van der Waals surface area (Å²) in [5.74, 6) is 0.446. The van der Waals surface area contributed by atoms with Crippen molar-refractivity contribution in [3.8, 4) is 5.75 Å². The smallest absolute Gasteiger partial charge is 0.123 e. The van der Waals surface area contributed by atoms with E-state index in [1.807, 2.05) is 6.08 Å². The van der Waals surface area contributed by atoms with Crippen molar-refractivity contribution < 1.29 is 5.11 Å². The van der Waals surface area contributed by atoms with Crippen LogP contribution < -0.4 is 5.32 Å².